The van der Waals surface area contributed by atoms with Gasteiger partial charge in [0.2, 0.25) is 0 Å². The summed E-state index contributed by atoms with van der Waals surface area (Å²) >= 11 is -0.473. The molecule has 0 amide bonds. The molecule has 1 aliphatic heterocycles. The average Bonchev–Trinajstić information content (AvgIpc) is 1.69. The Kier molecular flexibility index (Phi) is 6.26. The van der Waals surface area contributed by atoms with E-state index in [1.165, 1.54) is 8.94 Å². The van der Waals surface area contributed by atoms with Crippen LogP contribution >= 0.6 is 0 Å². The fraction of sp³-hybridized carbons (Fsp3) is 1.00. The van der Waals surface area contributed by atoms with Gasteiger partial charge in [0.1, 0.15) is 0 Å². The molecule has 1 heterocycles. The fourth-order valence-corrected chi connectivity index (χ4v) is 3.49. The summed E-state index contributed by atoms with van der Waals surface area (Å²) in [6.07, 6.45) is 0. The molecular formula is C5H11IOTe. The number of ether oxygens (including phenoxy) is 1. The molecule has 1 nitrogen and oxygen atoms in total. The molecule has 1 fully saturated rings. The molecule has 0 aliphatic carbocycles. The predicted octanol–water partition coefficient (Wildman–Crippen LogP) is -1.85. The molecule has 50 valence electrons. The van der Waals surface area contributed by atoms with E-state index in [1.54, 1.807) is 0 Å². The second-order valence-electron chi connectivity index (χ2n) is 1.80. The zero-order valence-corrected chi connectivity index (χ0v) is 9.51. The van der Waals surface area contributed by atoms with E-state index in [1.807, 2.05) is 0 Å². The van der Waals surface area contributed by atoms with E-state index in [-0.39, 0.29) is 24.0 Å². The van der Waals surface area contributed by atoms with Crippen molar-refractivity contribution in [1.82, 2.24) is 0 Å². The van der Waals surface area contributed by atoms with Crippen LogP contribution in [0.1, 0.15) is 0 Å². The van der Waals surface area contributed by atoms with Crippen molar-refractivity contribution in [3.8, 4) is 0 Å². The van der Waals surface area contributed by atoms with Crippen molar-refractivity contribution in [3.05, 3.63) is 0 Å². The Balaban J connectivity index is 0.000000490. The summed E-state index contributed by atoms with van der Waals surface area (Å²) in [5.41, 5.74) is 0. The van der Waals surface area contributed by atoms with Gasteiger partial charge in [-0.25, -0.2) is 0 Å². The first-order valence-corrected chi connectivity index (χ1v) is 8.19. The van der Waals surface area contributed by atoms with Crippen LogP contribution in [0.4, 0.5) is 0 Å². The van der Waals surface area contributed by atoms with E-state index in [9.17, 15) is 0 Å². The third-order valence-electron chi connectivity index (χ3n) is 1.15. The maximum absolute atomic E-state index is 5.18. The first-order valence-electron chi connectivity index (χ1n) is 2.56. The third-order valence-corrected chi connectivity index (χ3v) is 6.08. The van der Waals surface area contributed by atoms with E-state index >= 15 is 0 Å². The Labute approximate surface area is 74.8 Å². The van der Waals surface area contributed by atoms with Crippen LogP contribution in [0.5, 0.6) is 0 Å². The van der Waals surface area contributed by atoms with Gasteiger partial charge >= 0.3 is 51.4 Å². The molecule has 0 saturated carbocycles. The SMILES string of the molecule is C[Te+]1CCOCC1.[I-]. The molecule has 0 spiro atoms. The molecular weight excluding hydrogens is 331 g/mol. The van der Waals surface area contributed by atoms with Gasteiger partial charge in [0.15, 0.2) is 0 Å². The Morgan fingerprint density at radius 3 is 2.00 bits per heavy atom. The van der Waals surface area contributed by atoms with Crippen molar-refractivity contribution in [3.63, 3.8) is 0 Å². The molecule has 1 saturated heterocycles. The number of hydrogen-bond acceptors (Lipinski definition) is 1. The molecule has 1 rings (SSSR count). The minimum absolute atomic E-state index is 0. The van der Waals surface area contributed by atoms with Crippen molar-refractivity contribution in [2.45, 2.75) is 13.9 Å². The summed E-state index contributed by atoms with van der Waals surface area (Å²) in [7, 11) is 0. The fourth-order valence-electron chi connectivity index (χ4n) is 0.606. The quantitative estimate of drug-likeness (QED) is 0.371. The van der Waals surface area contributed by atoms with Crippen LogP contribution < -0.4 is 24.0 Å². The largest absolute Gasteiger partial charge is 1.00 e. The maximum atomic E-state index is 5.18. The maximum Gasteiger partial charge on any atom is -1.00 e. The summed E-state index contributed by atoms with van der Waals surface area (Å²) in [6, 6.07) is 0. The summed E-state index contributed by atoms with van der Waals surface area (Å²) < 4.78 is 8.05. The first-order chi connectivity index (χ1) is 3.39. The first kappa shape index (κ1) is 9.48. The van der Waals surface area contributed by atoms with E-state index in [2.05, 4.69) is 4.97 Å². The molecule has 0 radical (unpaired) electrons. The van der Waals surface area contributed by atoms with Crippen LogP contribution in [-0.4, -0.2) is 32.8 Å². The van der Waals surface area contributed by atoms with E-state index in [0.29, 0.717) is 0 Å². The van der Waals surface area contributed by atoms with Gasteiger partial charge in [-0.3, -0.25) is 0 Å². The van der Waals surface area contributed by atoms with Gasteiger partial charge in [-0.15, -0.1) is 0 Å². The minimum atomic E-state index is -0.473. The van der Waals surface area contributed by atoms with Crippen molar-refractivity contribution < 1.29 is 28.7 Å². The molecule has 0 atom stereocenters. The number of rotatable bonds is 0. The zero-order valence-electron chi connectivity index (χ0n) is 5.02. The Bertz CT molecular complexity index is 54.4. The van der Waals surface area contributed by atoms with Crippen LogP contribution in [0.15, 0.2) is 0 Å². The Morgan fingerprint density at radius 1 is 1.25 bits per heavy atom. The average molecular weight is 342 g/mol. The standard InChI is InChI=1S/C5H11OTe.HI/c1-7-4-2-6-3-5-7;/h2-5H2,1H3;1H/q+1;/p-1. The molecule has 0 unspecified atom stereocenters. The van der Waals surface area contributed by atoms with Crippen molar-refractivity contribution in [1.29, 1.82) is 0 Å². The zero-order chi connectivity index (χ0) is 5.11. The summed E-state index contributed by atoms with van der Waals surface area (Å²) in [5.74, 6) is 0. The second-order valence-corrected chi connectivity index (χ2v) is 8.59. The Morgan fingerprint density at radius 2 is 1.75 bits per heavy atom. The summed E-state index contributed by atoms with van der Waals surface area (Å²) in [4.78, 5) is 2.45. The number of halogens is 1. The van der Waals surface area contributed by atoms with Crippen molar-refractivity contribution >= 4 is 19.6 Å². The molecule has 0 bridgehead atoms. The minimum Gasteiger partial charge on any atom is -1.00 e. The summed E-state index contributed by atoms with van der Waals surface area (Å²) in [5, 5.41) is 0. The van der Waals surface area contributed by atoms with Gasteiger partial charge in [0, 0.05) is 0 Å². The molecule has 0 aromatic rings. The van der Waals surface area contributed by atoms with Crippen LogP contribution in [0.2, 0.25) is 13.9 Å². The number of hydrogen-bond donors (Lipinski definition) is 0. The second kappa shape index (κ2) is 5.28. The van der Waals surface area contributed by atoms with Crippen molar-refractivity contribution in [2.24, 2.45) is 0 Å². The summed E-state index contributed by atoms with van der Waals surface area (Å²) in [6.45, 7) is 2.13. The smallest absolute Gasteiger partial charge is 1.00 e. The normalized spacial score (nSPS) is 22.1. The van der Waals surface area contributed by atoms with Crippen LogP contribution in [0.25, 0.3) is 0 Å². The van der Waals surface area contributed by atoms with E-state index in [0.717, 1.165) is 13.2 Å². The van der Waals surface area contributed by atoms with Crippen molar-refractivity contribution in [2.75, 3.05) is 13.2 Å². The molecule has 0 N–H and O–H groups in total. The van der Waals surface area contributed by atoms with E-state index in [4.69, 9.17) is 4.74 Å². The Hall–Kier alpha value is 1.48. The molecule has 1 aliphatic rings. The predicted molar refractivity (Wildman–Crippen MR) is 32.1 cm³/mol. The van der Waals surface area contributed by atoms with Crippen LogP contribution in [-0.2, 0) is 4.74 Å². The molecule has 0 aromatic heterocycles. The molecule has 8 heavy (non-hydrogen) atoms. The molecule has 3 heteroatoms. The van der Waals surface area contributed by atoms with Gasteiger partial charge in [-0.1, -0.05) is 0 Å². The van der Waals surface area contributed by atoms with Gasteiger partial charge in [-0.2, -0.15) is 0 Å². The van der Waals surface area contributed by atoms with Gasteiger partial charge in [0.05, 0.1) is 0 Å². The van der Waals surface area contributed by atoms with Crippen LogP contribution in [0, 0.1) is 0 Å². The molecule has 0 aromatic carbocycles. The third kappa shape index (κ3) is 3.49. The monoisotopic (exact) mass is 344 g/mol. The topological polar surface area (TPSA) is 9.23 Å². The van der Waals surface area contributed by atoms with E-state index < -0.39 is 19.6 Å². The van der Waals surface area contributed by atoms with Crippen LogP contribution in [0.3, 0.4) is 0 Å². The van der Waals surface area contributed by atoms with Gasteiger partial charge in [-0.05, 0) is 0 Å². The van der Waals surface area contributed by atoms with Gasteiger partial charge < -0.3 is 24.0 Å². The van der Waals surface area contributed by atoms with Gasteiger partial charge in [0.25, 0.3) is 0 Å².